The van der Waals surface area contributed by atoms with Gasteiger partial charge in [-0.05, 0) is 42.5 Å². The summed E-state index contributed by atoms with van der Waals surface area (Å²) in [5.74, 6) is 2.10. The Hall–Kier alpha value is -3.65. The van der Waals surface area contributed by atoms with E-state index in [0.717, 1.165) is 0 Å². The van der Waals surface area contributed by atoms with Crippen molar-refractivity contribution in [1.82, 2.24) is 10.1 Å². The van der Waals surface area contributed by atoms with Gasteiger partial charge in [0.1, 0.15) is 18.1 Å². The van der Waals surface area contributed by atoms with Crippen LogP contribution >= 0.6 is 11.6 Å². The molecule has 0 spiro atoms. The van der Waals surface area contributed by atoms with E-state index in [1.165, 1.54) is 12.1 Å². The van der Waals surface area contributed by atoms with E-state index in [0.29, 0.717) is 33.7 Å². The van der Waals surface area contributed by atoms with Crippen LogP contribution in [0.15, 0.2) is 69.6 Å². The molecule has 2 aromatic carbocycles. The summed E-state index contributed by atoms with van der Waals surface area (Å²) >= 11 is 5.92. The van der Waals surface area contributed by atoms with Gasteiger partial charge in [0.2, 0.25) is 5.82 Å². The molecule has 0 aliphatic rings. The van der Waals surface area contributed by atoms with E-state index in [2.05, 4.69) is 10.1 Å². The van der Waals surface area contributed by atoms with Gasteiger partial charge in [-0.15, -0.1) is 0 Å². The molecule has 4 rings (SSSR count). The SMILES string of the molecule is O=[N+]([O-])c1ccc(-c2noc(-c3ccc(COc4cccc(Cl)c4)o3)n2)cc1. The molecular weight excluding hydrogens is 386 g/mol. The standard InChI is InChI=1S/C19H12ClN3O5/c20-13-2-1-3-15(10-13)26-11-16-8-9-17(27-16)19-21-18(22-28-19)12-4-6-14(7-5-12)23(24)25/h1-10H,11H2. The highest BCUT2D eigenvalue weighted by molar-refractivity contribution is 6.30. The highest BCUT2D eigenvalue weighted by atomic mass is 35.5. The van der Waals surface area contributed by atoms with Gasteiger partial charge < -0.3 is 13.7 Å². The normalized spacial score (nSPS) is 10.8. The molecule has 4 aromatic rings. The van der Waals surface area contributed by atoms with Crippen molar-refractivity contribution in [1.29, 1.82) is 0 Å². The van der Waals surface area contributed by atoms with Gasteiger partial charge in [-0.1, -0.05) is 22.8 Å². The molecule has 2 heterocycles. The molecule has 140 valence electrons. The van der Waals surface area contributed by atoms with Crippen LogP contribution in [0.1, 0.15) is 5.76 Å². The lowest BCUT2D eigenvalue weighted by Gasteiger charge is -2.03. The van der Waals surface area contributed by atoms with Crippen LogP contribution in [0.3, 0.4) is 0 Å². The number of nitro groups is 1. The summed E-state index contributed by atoms with van der Waals surface area (Å²) in [6, 6.07) is 16.4. The fourth-order valence-corrected chi connectivity index (χ4v) is 2.63. The van der Waals surface area contributed by atoms with Gasteiger partial charge in [-0.2, -0.15) is 4.98 Å². The number of halogens is 1. The van der Waals surface area contributed by atoms with Gasteiger partial charge in [-0.3, -0.25) is 10.1 Å². The van der Waals surface area contributed by atoms with Crippen molar-refractivity contribution in [3.05, 3.63) is 81.6 Å². The molecule has 0 aliphatic heterocycles. The summed E-state index contributed by atoms with van der Waals surface area (Å²) in [4.78, 5) is 14.5. The monoisotopic (exact) mass is 397 g/mol. The van der Waals surface area contributed by atoms with Crippen LogP contribution in [0, 0.1) is 10.1 Å². The van der Waals surface area contributed by atoms with Gasteiger partial charge in [0, 0.05) is 22.7 Å². The van der Waals surface area contributed by atoms with Crippen molar-refractivity contribution in [3.8, 4) is 28.8 Å². The second-order valence-corrected chi connectivity index (χ2v) is 6.18. The third-order valence-corrected chi connectivity index (χ3v) is 4.05. The maximum absolute atomic E-state index is 10.7. The Bertz CT molecular complexity index is 1120. The van der Waals surface area contributed by atoms with Gasteiger partial charge in [0.25, 0.3) is 11.6 Å². The van der Waals surface area contributed by atoms with Gasteiger partial charge in [-0.25, -0.2) is 0 Å². The molecular formula is C19H12ClN3O5. The minimum atomic E-state index is -0.471. The lowest BCUT2D eigenvalue weighted by molar-refractivity contribution is -0.384. The van der Waals surface area contributed by atoms with Crippen LogP contribution in [-0.2, 0) is 6.61 Å². The predicted molar refractivity (Wildman–Crippen MR) is 99.9 cm³/mol. The summed E-state index contributed by atoms with van der Waals surface area (Å²) in [7, 11) is 0. The minimum Gasteiger partial charge on any atom is -0.486 e. The van der Waals surface area contributed by atoms with Crippen molar-refractivity contribution in [2.24, 2.45) is 0 Å². The Balaban J connectivity index is 1.46. The number of non-ortho nitro benzene ring substituents is 1. The minimum absolute atomic E-state index is 0.0113. The van der Waals surface area contributed by atoms with Crippen molar-refractivity contribution < 1.29 is 18.6 Å². The number of hydrogen-bond acceptors (Lipinski definition) is 7. The Labute approximate surface area is 163 Å². The van der Waals surface area contributed by atoms with E-state index < -0.39 is 4.92 Å². The summed E-state index contributed by atoms with van der Waals surface area (Å²) in [6.07, 6.45) is 0. The van der Waals surface area contributed by atoms with E-state index >= 15 is 0 Å². The molecule has 28 heavy (non-hydrogen) atoms. The molecule has 8 nitrogen and oxygen atoms in total. The van der Waals surface area contributed by atoms with Crippen LogP contribution < -0.4 is 4.74 Å². The molecule has 0 N–H and O–H groups in total. The first-order valence-electron chi connectivity index (χ1n) is 8.14. The number of rotatable bonds is 6. The second kappa shape index (κ2) is 7.53. The molecule has 9 heteroatoms. The van der Waals surface area contributed by atoms with Gasteiger partial charge in [0.05, 0.1) is 4.92 Å². The van der Waals surface area contributed by atoms with Gasteiger partial charge in [0.15, 0.2) is 5.76 Å². The first-order chi connectivity index (χ1) is 13.6. The molecule has 2 aromatic heterocycles. The summed E-state index contributed by atoms with van der Waals surface area (Å²) in [6.45, 7) is 0.212. The van der Waals surface area contributed by atoms with Crippen LogP contribution in [-0.4, -0.2) is 15.1 Å². The maximum atomic E-state index is 10.7. The average molecular weight is 398 g/mol. The van der Waals surface area contributed by atoms with Crippen LogP contribution in [0.2, 0.25) is 5.02 Å². The van der Waals surface area contributed by atoms with Crippen molar-refractivity contribution >= 4 is 17.3 Å². The number of ether oxygens (including phenoxy) is 1. The van der Waals surface area contributed by atoms with E-state index in [1.807, 2.05) is 0 Å². The predicted octanol–water partition coefficient (Wildman–Crippen LogP) is 5.14. The summed E-state index contributed by atoms with van der Waals surface area (Å²) in [5, 5.41) is 15.2. The first kappa shape index (κ1) is 17.7. The van der Waals surface area contributed by atoms with E-state index in [-0.39, 0.29) is 18.2 Å². The zero-order valence-electron chi connectivity index (χ0n) is 14.2. The Morgan fingerprint density at radius 3 is 2.68 bits per heavy atom. The third kappa shape index (κ3) is 3.86. The molecule has 0 radical (unpaired) electrons. The lowest BCUT2D eigenvalue weighted by atomic mass is 10.2. The summed E-state index contributed by atoms with van der Waals surface area (Å²) < 4.78 is 16.5. The van der Waals surface area contributed by atoms with Crippen LogP contribution in [0.25, 0.3) is 23.0 Å². The number of aromatic nitrogens is 2. The molecule has 0 atom stereocenters. The van der Waals surface area contributed by atoms with E-state index in [9.17, 15) is 10.1 Å². The van der Waals surface area contributed by atoms with Crippen molar-refractivity contribution in [2.45, 2.75) is 6.61 Å². The topological polar surface area (TPSA) is 104 Å². The van der Waals surface area contributed by atoms with Crippen molar-refractivity contribution in [3.63, 3.8) is 0 Å². The molecule has 0 fully saturated rings. The molecule has 0 bridgehead atoms. The highest BCUT2D eigenvalue weighted by Crippen LogP contribution is 2.26. The number of furan rings is 1. The molecule has 0 unspecified atom stereocenters. The van der Waals surface area contributed by atoms with E-state index in [1.54, 1.807) is 48.5 Å². The number of nitrogens with zero attached hydrogens (tertiary/aromatic N) is 3. The smallest absolute Gasteiger partial charge is 0.293 e. The number of benzene rings is 2. The van der Waals surface area contributed by atoms with Crippen molar-refractivity contribution in [2.75, 3.05) is 0 Å². The fourth-order valence-electron chi connectivity index (χ4n) is 2.45. The van der Waals surface area contributed by atoms with E-state index in [4.69, 9.17) is 25.3 Å². The highest BCUT2D eigenvalue weighted by Gasteiger charge is 2.15. The zero-order chi connectivity index (χ0) is 19.5. The molecule has 0 amide bonds. The van der Waals surface area contributed by atoms with Gasteiger partial charge >= 0.3 is 0 Å². The lowest BCUT2D eigenvalue weighted by Crippen LogP contribution is -1.93. The maximum Gasteiger partial charge on any atom is 0.293 e. The van der Waals surface area contributed by atoms with Crippen LogP contribution in [0.5, 0.6) is 5.75 Å². The third-order valence-electron chi connectivity index (χ3n) is 3.81. The Morgan fingerprint density at radius 2 is 1.93 bits per heavy atom. The summed E-state index contributed by atoms with van der Waals surface area (Å²) in [5.41, 5.74) is 0.583. The average Bonchev–Trinajstić information content (AvgIpc) is 3.36. The molecule has 0 aliphatic carbocycles. The Kier molecular flexibility index (Phi) is 4.77. The quantitative estimate of drug-likeness (QED) is 0.327. The van der Waals surface area contributed by atoms with Crippen LogP contribution in [0.4, 0.5) is 5.69 Å². The zero-order valence-corrected chi connectivity index (χ0v) is 15.0. The molecule has 0 saturated heterocycles. The fraction of sp³-hybridized carbons (Fsp3) is 0.0526. The number of nitro benzene ring substituents is 1. The Morgan fingerprint density at radius 1 is 1.11 bits per heavy atom. The molecule has 0 saturated carbocycles. The largest absolute Gasteiger partial charge is 0.486 e. The number of hydrogen-bond donors (Lipinski definition) is 0. The second-order valence-electron chi connectivity index (χ2n) is 5.74. The first-order valence-corrected chi connectivity index (χ1v) is 8.52.